The van der Waals surface area contributed by atoms with Gasteiger partial charge in [-0.1, -0.05) is 30.7 Å². The molecular formula is C17H14O2S. The van der Waals surface area contributed by atoms with Crippen molar-refractivity contribution in [2.75, 3.05) is 0 Å². The first kappa shape index (κ1) is 12.0. The molecular weight excluding hydrogens is 268 g/mol. The highest BCUT2D eigenvalue weighted by Crippen LogP contribution is 2.39. The highest BCUT2D eigenvalue weighted by atomic mass is 32.1. The van der Waals surface area contributed by atoms with Crippen LogP contribution < -0.4 is 0 Å². The molecule has 4 rings (SSSR count). The Kier molecular flexibility index (Phi) is 2.64. The first-order valence-electron chi connectivity index (χ1n) is 7.10. The molecule has 1 aromatic carbocycles. The van der Waals surface area contributed by atoms with Gasteiger partial charge in [0.1, 0.15) is 0 Å². The quantitative estimate of drug-likeness (QED) is 0.588. The Bertz CT molecular complexity index is 739. The summed E-state index contributed by atoms with van der Waals surface area (Å²) in [5.41, 5.74) is 3.03. The predicted octanol–water partition coefficient (Wildman–Crippen LogP) is 3.79. The standard InChI is InChI=1S/C17H14O2S/c18-15-10-6-4-5-7-11(10)16(19)17-14(15)12-8-2-1-3-9-13(12)20-17/h4-7H,1-3,8-9H2. The van der Waals surface area contributed by atoms with Crippen molar-refractivity contribution in [1.82, 2.24) is 0 Å². The van der Waals surface area contributed by atoms with Crippen molar-refractivity contribution in [1.29, 1.82) is 0 Å². The van der Waals surface area contributed by atoms with Crippen molar-refractivity contribution in [2.45, 2.75) is 32.1 Å². The molecule has 2 aliphatic carbocycles. The Morgan fingerprint density at radius 3 is 2.35 bits per heavy atom. The highest BCUT2D eigenvalue weighted by Gasteiger charge is 2.35. The van der Waals surface area contributed by atoms with Crippen LogP contribution in [-0.2, 0) is 12.8 Å². The summed E-state index contributed by atoms with van der Waals surface area (Å²) in [6.07, 6.45) is 5.47. The van der Waals surface area contributed by atoms with Crippen molar-refractivity contribution in [3.63, 3.8) is 0 Å². The molecule has 100 valence electrons. The maximum absolute atomic E-state index is 12.8. The van der Waals surface area contributed by atoms with Gasteiger partial charge < -0.3 is 0 Å². The van der Waals surface area contributed by atoms with E-state index in [9.17, 15) is 9.59 Å². The Labute approximate surface area is 121 Å². The highest BCUT2D eigenvalue weighted by molar-refractivity contribution is 7.15. The van der Waals surface area contributed by atoms with Gasteiger partial charge in [-0.15, -0.1) is 11.3 Å². The Balaban J connectivity index is 1.97. The molecule has 0 radical (unpaired) electrons. The lowest BCUT2D eigenvalue weighted by atomic mass is 9.86. The van der Waals surface area contributed by atoms with Gasteiger partial charge in [0.15, 0.2) is 5.78 Å². The van der Waals surface area contributed by atoms with Gasteiger partial charge in [-0.25, -0.2) is 0 Å². The maximum atomic E-state index is 12.8. The van der Waals surface area contributed by atoms with Crippen LogP contribution >= 0.6 is 11.3 Å². The van der Waals surface area contributed by atoms with Crippen LogP contribution in [0.4, 0.5) is 0 Å². The van der Waals surface area contributed by atoms with E-state index < -0.39 is 0 Å². The minimum atomic E-state index is 0.0354. The van der Waals surface area contributed by atoms with Crippen molar-refractivity contribution in [2.24, 2.45) is 0 Å². The molecule has 2 aromatic rings. The van der Waals surface area contributed by atoms with Gasteiger partial charge in [0, 0.05) is 21.6 Å². The van der Waals surface area contributed by atoms with E-state index in [2.05, 4.69) is 0 Å². The number of thiophene rings is 1. The number of ketones is 2. The molecule has 1 aromatic heterocycles. The fourth-order valence-electron chi connectivity index (χ4n) is 3.28. The molecule has 0 N–H and O–H groups in total. The van der Waals surface area contributed by atoms with Gasteiger partial charge in [-0.3, -0.25) is 9.59 Å². The van der Waals surface area contributed by atoms with E-state index in [1.807, 2.05) is 12.1 Å². The smallest absolute Gasteiger partial charge is 0.204 e. The molecule has 0 saturated carbocycles. The third-order valence-electron chi connectivity index (χ3n) is 4.27. The summed E-state index contributed by atoms with van der Waals surface area (Å²) in [5.74, 6) is 0.0860. The number of carbonyl (C=O) groups is 2. The summed E-state index contributed by atoms with van der Waals surface area (Å²) in [6.45, 7) is 0. The van der Waals surface area contributed by atoms with E-state index in [0.717, 1.165) is 30.4 Å². The average molecular weight is 282 g/mol. The summed E-state index contributed by atoms with van der Waals surface area (Å²) in [7, 11) is 0. The summed E-state index contributed by atoms with van der Waals surface area (Å²) in [6, 6.07) is 7.20. The number of carbonyl (C=O) groups excluding carboxylic acids is 2. The van der Waals surface area contributed by atoms with Crippen LogP contribution in [0.1, 0.15) is 60.9 Å². The summed E-state index contributed by atoms with van der Waals surface area (Å²) in [5, 5.41) is 0. The Hall–Kier alpha value is -1.74. The van der Waals surface area contributed by atoms with Crippen LogP contribution in [0.5, 0.6) is 0 Å². The fourth-order valence-corrected chi connectivity index (χ4v) is 4.62. The van der Waals surface area contributed by atoms with Gasteiger partial charge in [-0.2, -0.15) is 0 Å². The van der Waals surface area contributed by atoms with E-state index in [0.29, 0.717) is 16.0 Å². The molecule has 3 heteroatoms. The zero-order valence-electron chi connectivity index (χ0n) is 11.1. The number of aryl methyl sites for hydroxylation is 1. The lowest BCUT2D eigenvalue weighted by molar-refractivity contribution is 0.0981. The Morgan fingerprint density at radius 1 is 0.850 bits per heavy atom. The topological polar surface area (TPSA) is 34.1 Å². The third kappa shape index (κ3) is 1.56. The number of hydrogen-bond acceptors (Lipinski definition) is 3. The molecule has 0 atom stereocenters. The van der Waals surface area contributed by atoms with Crippen LogP contribution in [0.25, 0.3) is 0 Å². The zero-order valence-corrected chi connectivity index (χ0v) is 11.9. The monoisotopic (exact) mass is 282 g/mol. The Morgan fingerprint density at radius 2 is 1.55 bits per heavy atom. The maximum Gasteiger partial charge on any atom is 0.204 e. The molecule has 0 aliphatic heterocycles. The second kappa shape index (κ2) is 4.38. The van der Waals surface area contributed by atoms with E-state index >= 15 is 0 Å². The van der Waals surface area contributed by atoms with Crippen molar-refractivity contribution in [3.05, 3.63) is 56.3 Å². The SMILES string of the molecule is O=C1c2ccccc2C(=O)c2c1sc1c2CCCCC1. The number of rotatable bonds is 0. The van der Waals surface area contributed by atoms with Gasteiger partial charge in [0.2, 0.25) is 5.78 Å². The van der Waals surface area contributed by atoms with Crippen LogP contribution in [0.3, 0.4) is 0 Å². The molecule has 0 amide bonds. The summed E-state index contributed by atoms with van der Waals surface area (Å²) >= 11 is 1.56. The molecule has 0 fully saturated rings. The van der Waals surface area contributed by atoms with Gasteiger partial charge in [0.05, 0.1) is 4.88 Å². The van der Waals surface area contributed by atoms with Crippen LogP contribution in [0.15, 0.2) is 24.3 Å². The van der Waals surface area contributed by atoms with E-state index in [1.165, 1.54) is 17.7 Å². The largest absolute Gasteiger partial charge is 0.289 e. The first-order valence-corrected chi connectivity index (χ1v) is 7.92. The van der Waals surface area contributed by atoms with E-state index in [-0.39, 0.29) is 11.6 Å². The number of hydrogen-bond donors (Lipinski definition) is 0. The normalized spacial score (nSPS) is 17.2. The average Bonchev–Trinajstić information content (AvgIpc) is 2.68. The second-order valence-electron chi connectivity index (χ2n) is 5.47. The van der Waals surface area contributed by atoms with Crippen molar-refractivity contribution >= 4 is 22.9 Å². The van der Waals surface area contributed by atoms with E-state index in [1.54, 1.807) is 23.5 Å². The summed E-state index contributed by atoms with van der Waals surface area (Å²) in [4.78, 5) is 27.3. The van der Waals surface area contributed by atoms with Gasteiger partial charge >= 0.3 is 0 Å². The molecule has 0 spiro atoms. The minimum absolute atomic E-state index is 0.0354. The van der Waals surface area contributed by atoms with Crippen molar-refractivity contribution < 1.29 is 9.59 Å². The predicted molar refractivity (Wildman–Crippen MR) is 78.9 cm³/mol. The van der Waals surface area contributed by atoms with Gasteiger partial charge in [0.25, 0.3) is 0 Å². The first-order chi connectivity index (χ1) is 9.77. The van der Waals surface area contributed by atoms with Crippen LogP contribution in [0, 0.1) is 0 Å². The molecule has 20 heavy (non-hydrogen) atoms. The van der Waals surface area contributed by atoms with E-state index in [4.69, 9.17) is 0 Å². The third-order valence-corrected chi connectivity index (χ3v) is 5.56. The number of benzene rings is 1. The van der Waals surface area contributed by atoms with Gasteiger partial charge in [-0.05, 0) is 31.2 Å². The lowest BCUT2D eigenvalue weighted by Crippen LogP contribution is -2.19. The molecule has 0 saturated heterocycles. The fraction of sp³-hybridized carbons (Fsp3) is 0.294. The number of fused-ring (bicyclic) bond motifs is 4. The molecule has 2 aliphatic rings. The molecule has 2 nitrogen and oxygen atoms in total. The summed E-state index contributed by atoms with van der Waals surface area (Å²) < 4.78 is 0. The molecule has 0 unspecified atom stereocenters. The van der Waals surface area contributed by atoms with Crippen LogP contribution in [0.2, 0.25) is 0 Å². The molecule has 1 heterocycles. The molecule has 0 bridgehead atoms. The second-order valence-corrected chi connectivity index (χ2v) is 6.58. The minimum Gasteiger partial charge on any atom is -0.289 e. The van der Waals surface area contributed by atoms with Crippen molar-refractivity contribution in [3.8, 4) is 0 Å². The zero-order chi connectivity index (χ0) is 13.7. The lowest BCUT2D eigenvalue weighted by Gasteiger charge is -2.15. The van der Waals surface area contributed by atoms with Crippen LogP contribution in [-0.4, -0.2) is 11.6 Å².